The molecule has 1 aromatic heterocycles. The first-order chi connectivity index (χ1) is 8.24. The molecule has 6 heteroatoms. The number of hydrazone groups is 1. The van der Waals surface area contributed by atoms with Crippen LogP contribution in [0.15, 0.2) is 46.2 Å². The topological polar surface area (TPSA) is 50.2 Å². The first-order valence-electron chi connectivity index (χ1n) is 4.76. The van der Waals surface area contributed by atoms with Crippen molar-refractivity contribution in [3.63, 3.8) is 0 Å². The van der Waals surface area contributed by atoms with Crippen molar-refractivity contribution in [1.82, 2.24) is 9.97 Å². The molecule has 4 nitrogen and oxygen atoms in total. The predicted octanol–water partition coefficient (Wildman–Crippen LogP) is 3.34. The molecular weight excluding hydrogens is 304 g/mol. The van der Waals surface area contributed by atoms with Gasteiger partial charge in [0.25, 0.3) is 0 Å². The molecule has 17 heavy (non-hydrogen) atoms. The standard InChI is InChI=1S/C11H8BrClN4/c12-9-6-14-11(15-7-9)17-16-5-8-2-1-3-10(13)4-8/h1-7H,(H,14,15,17). The van der Waals surface area contributed by atoms with Gasteiger partial charge in [0.05, 0.1) is 10.7 Å². The maximum absolute atomic E-state index is 5.85. The van der Waals surface area contributed by atoms with E-state index in [2.05, 4.69) is 36.4 Å². The van der Waals surface area contributed by atoms with Crippen molar-refractivity contribution in [2.24, 2.45) is 5.10 Å². The summed E-state index contributed by atoms with van der Waals surface area (Å²) in [5, 5.41) is 4.68. The lowest BCUT2D eigenvalue weighted by Gasteiger charge is -1.97. The monoisotopic (exact) mass is 310 g/mol. The Morgan fingerprint density at radius 1 is 1.29 bits per heavy atom. The molecule has 0 saturated carbocycles. The smallest absolute Gasteiger partial charge is 0.243 e. The quantitative estimate of drug-likeness (QED) is 0.698. The van der Waals surface area contributed by atoms with E-state index in [9.17, 15) is 0 Å². The van der Waals surface area contributed by atoms with Gasteiger partial charge in [-0.1, -0.05) is 23.7 Å². The SMILES string of the molecule is Clc1cccc(C=NNc2ncc(Br)cn2)c1. The molecule has 2 aromatic rings. The van der Waals surface area contributed by atoms with Crippen molar-refractivity contribution in [3.8, 4) is 0 Å². The molecule has 1 aromatic carbocycles. The minimum absolute atomic E-state index is 0.437. The normalized spacial score (nSPS) is 10.7. The molecule has 0 saturated heterocycles. The summed E-state index contributed by atoms with van der Waals surface area (Å²) >= 11 is 9.10. The third kappa shape index (κ3) is 3.80. The predicted molar refractivity (Wildman–Crippen MR) is 72.4 cm³/mol. The maximum Gasteiger partial charge on any atom is 0.243 e. The Bertz CT molecular complexity index is 527. The average molecular weight is 312 g/mol. The number of hydrogen-bond acceptors (Lipinski definition) is 4. The number of nitrogens with one attached hydrogen (secondary N) is 1. The summed E-state index contributed by atoms with van der Waals surface area (Å²) in [6, 6.07) is 7.39. The minimum Gasteiger partial charge on any atom is -0.245 e. The van der Waals surface area contributed by atoms with Crippen LogP contribution in [-0.4, -0.2) is 16.2 Å². The Morgan fingerprint density at radius 3 is 2.76 bits per heavy atom. The fourth-order valence-electron chi connectivity index (χ4n) is 1.12. The van der Waals surface area contributed by atoms with Crippen molar-refractivity contribution in [2.75, 3.05) is 5.43 Å². The molecule has 0 radical (unpaired) electrons. The number of aromatic nitrogens is 2. The van der Waals surface area contributed by atoms with Gasteiger partial charge < -0.3 is 0 Å². The second-order valence-electron chi connectivity index (χ2n) is 3.15. The molecule has 0 amide bonds. The van der Waals surface area contributed by atoms with E-state index in [0.717, 1.165) is 10.0 Å². The summed E-state index contributed by atoms with van der Waals surface area (Å²) in [5.41, 5.74) is 3.63. The highest BCUT2D eigenvalue weighted by Crippen LogP contribution is 2.09. The number of anilines is 1. The summed E-state index contributed by atoms with van der Waals surface area (Å²) in [6.45, 7) is 0. The summed E-state index contributed by atoms with van der Waals surface area (Å²) < 4.78 is 0.821. The van der Waals surface area contributed by atoms with Crippen LogP contribution in [0.4, 0.5) is 5.95 Å². The molecule has 0 fully saturated rings. The van der Waals surface area contributed by atoms with Crippen LogP contribution in [0.2, 0.25) is 5.02 Å². The van der Waals surface area contributed by atoms with Crippen LogP contribution in [0.25, 0.3) is 0 Å². The molecule has 0 aliphatic rings. The molecular formula is C11H8BrClN4. The highest BCUT2D eigenvalue weighted by Gasteiger charge is 1.93. The van der Waals surface area contributed by atoms with Crippen LogP contribution in [0.3, 0.4) is 0 Å². The van der Waals surface area contributed by atoms with E-state index in [4.69, 9.17) is 11.6 Å². The Labute approximate surface area is 112 Å². The molecule has 0 unspecified atom stereocenters. The summed E-state index contributed by atoms with van der Waals surface area (Å²) in [4.78, 5) is 8.04. The van der Waals surface area contributed by atoms with E-state index in [1.54, 1.807) is 18.6 Å². The lowest BCUT2D eigenvalue weighted by atomic mass is 10.2. The van der Waals surface area contributed by atoms with Crippen molar-refractivity contribution >= 4 is 39.7 Å². The summed E-state index contributed by atoms with van der Waals surface area (Å²) in [7, 11) is 0. The van der Waals surface area contributed by atoms with E-state index in [-0.39, 0.29) is 0 Å². The fraction of sp³-hybridized carbons (Fsp3) is 0. The largest absolute Gasteiger partial charge is 0.245 e. The second-order valence-corrected chi connectivity index (χ2v) is 4.50. The zero-order valence-electron chi connectivity index (χ0n) is 8.64. The number of hydrogen-bond donors (Lipinski definition) is 1. The third-order valence-corrected chi connectivity index (χ3v) is 2.49. The van der Waals surface area contributed by atoms with Gasteiger partial charge in [-0.05, 0) is 33.6 Å². The molecule has 1 N–H and O–H groups in total. The van der Waals surface area contributed by atoms with E-state index >= 15 is 0 Å². The van der Waals surface area contributed by atoms with E-state index in [0.29, 0.717) is 11.0 Å². The Balaban J connectivity index is 2.00. The molecule has 86 valence electrons. The Morgan fingerprint density at radius 2 is 2.06 bits per heavy atom. The van der Waals surface area contributed by atoms with Crippen LogP contribution in [0, 0.1) is 0 Å². The van der Waals surface area contributed by atoms with Crippen LogP contribution in [0.5, 0.6) is 0 Å². The van der Waals surface area contributed by atoms with Gasteiger partial charge in [0.15, 0.2) is 0 Å². The third-order valence-electron chi connectivity index (χ3n) is 1.85. The van der Waals surface area contributed by atoms with Crippen molar-refractivity contribution < 1.29 is 0 Å². The van der Waals surface area contributed by atoms with E-state index in [1.807, 2.05) is 24.3 Å². The van der Waals surface area contributed by atoms with E-state index in [1.165, 1.54) is 0 Å². The van der Waals surface area contributed by atoms with Gasteiger partial charge in [0, 0.05) is 17.4 Å². The minimum atomic E-state index is 0.437. The van der Waals surface area contributed by atoms with Crippen LogP contribution < -0.4 is 5.43 Å². The zero-order chi connectivity index (χ0) is 12.1. The Hall–Kier alpha value is -1.46. The lowest BCUT2D eigenvalue weighted by molar-refractivity contribution is 1.11. The van der Waals surface area contributed by atoms with Gasteiger partial charge in [0.1, 0.15) is 0 Å². The highest BCUT2D eigenvalue weighted by atomic mass is 79.9. The van der Waals surface area contributed by atoms with Gasteiger partial charge in [-0.2, -0.15) is 5.10 Å². The summed E-state index contributed by atoms with van der Waals surface area (Å²) in [5.74, 6) is 0.437. The molecule has 0 atom stereocenters. The fourth-order valence-corrected chi connectivity index (χ4v) is 1.52. The molecule has 0 bridgehead atoms. The van der Waals surface area contributed by atoms with E-state index < -0.39 is 0 Å². The van der Waals surface area contributed by atoms with Crippen molar-refractivity contribution in [3.05, 3.63) is 51.7 Å². The van der Waals surface area contributed by atoms with Gasteiger partial charge in [-0.15, -0.1) is 0 Å². The Kier molecular flexibility index (Phi) is 4.06. The molecule has 0 aliphatic heterocycles. The first-order valence-corrected chi connectivity index (χ1v) is 5.93. The number of halogens is 2. The van der Waals surface area contributed by atoms with Crippen LogP contribution in [-0.2, 0) is 0 Å². The molecule has 0 spiro atoms. The lowest BCUT2D eigenvalue weighted by Crippen LogP contribution is -1.95. The van der Waals surface area contributed by atoms with Gasteiger partial charge in [-0.25, -0.2) is 15.4 Å². The maximum atomic E-state index is 5.85. The number of benzene rings is 1. The second kappa shape index (κ2) is 5.75. The first kappa shape index (κ1) is 12.0. The van der Waals surface area contributed by atoms with Crippen LogP contribution >= 0.6 is 27.5 Å². The molecule has 2 rings (SSSR count). The van der Waals surface area contributed by atoms with Crippen LogP contribution in [0.1, 0.15) is 5.56 Å². The van der Waals surface area contributed by atoms with Gasteiger partial charge in [-0.3, -0.25) is 0 Å². The number of rotatable bonds is 3. The number of nitrogens with zero attached hydrogens (tertiary/aromatic N) is 3. The van der Waals surface area contributed by atoms with Crippen molar-refractivity contribution in [1.29, 1.82) is 0 Å². The zero-order valence-corrected chi connectivity index (χ0v) is 11.0. The average Bonchev–Trinajstić information content (AvgIpc) is 2.32. The van der Waals surface area contributed by atoms with Gasteiger partial charge in [0.2, 0.25) is 5.95 Å². The van der Waals surface area contributed by atoms with Gasteiger partial charge >= 0.3 is 0 Å². The molecule has 0 aliphatic carbocycles. The summed E-state index contributed by atoms with van der Waals surface area (Å²) in [6.07, 6.45) is 4.94. The van der Waals surface area contributed by atoms with Crippen molar-refractivity contribution in [2.45, 2.75) is 0 Å². The highest BCUT2D eigenvalue weighted by molar-refractivity contribution is 9.10. The molecule has 1 heterocycles.